The van der Waals surface area contributed by atoms with Gasteiger partial charge in [0, 0.05) is 17.8 Å². The molecule has 0 amide bonds. The van der Waals surface area contributed by atoms with Crippen LogP contribution in [0.2, 0.25) is 0 Å². The Labute approximate surface area is 61.6 Å². The van der Waals surface area contributed by atoms with Crippen LogP contribution in [0.1, 0.15) is 27.7 Å². The van der Waals surface area contributed by atoms with Gasteiger partial charge in [0.05, 0.1) is 0 Å². The van der Waals surface area contributed by atoms with Gasteiger partial charge in [-0.1, -0.05) is 20.8 Å². The Bertz CT molecular complexity index is 123. The summed E-state index contributed by atoms with van der Waals surface area (Å²) in [6.07, 6.45) is 0. The summed E-state index contributed by atoms with van der Waals surface area (Å²) < 4.78 is 0. The Hall–Kier alpha value is -0.600. The molecule has 0 spiro atoms. The molecule has 0 fully saturated rings. The molecule has 0 aliphatic carbocycles. The quantitative estimate of drug-likeness (QED) is 0.450. The third kappa shape index (κ3) is 2.33. The summed E-state index contributed by atoms with van der Waals surface area (Å²) >= 11 is 0. The molecule has 0 aliphatic heterocycles. The van der Waals surface area contributed by atoms with Gasteiger partial charge in [0.25, 0.3) is 0 Å². The van der Waals surface area contributed by atoms with Crippen molar-refractivity contribution in [3.63, 3.8) is 0 Å². The van der Waals surface area contributed by atoms with E-state index in [2.05, 4.69) is 0 Å². The first-order valence-electron chi connectivity index (χ1n) is 3.60. The lowest BCUT2D eigenvalue weighted by atomic mass is 9.92. The Morgan fingerprint density at radius 2 is 1.60 bits per heavy atom. The lowest BCUT2D eigenvalue weighted by Gasteiger charge is -2.15. The minimum absolute atomic E-state index is 0.162. The Morgan fingerprint density at radius 1 is 1.20 bits per heavy atom. The van der Waals surface area contributed by atoms with Gasteiger partial charge in [-0.3, -0.25) is 10.1 Å². The van der Waals surface area contributed by atoms with Crippen molar-refractivity contribution in [1.82, 2.24) is 0 Å². The van der Waals surface area contributed by atoms with Gasteiger partial charge in [-0.25, -0.2) is 0 Å². The van der Waals surface area contributed by atoms with E-state index in [-0.39, 0.29) is 10.8 Å². The van der Waals surface area contributed by atoms with Crippen LogP contribution in [-0.4, -0.2) is 11.0 Å². The summed E-state index contributed by atoms with van der Waals surface area (Å²) in [5.41, 5.74) is 0. The second-order valence-electron chi connectivity index (χ2n) is 3.13. The molecule has 0 aliphatic rings. The van der Waals surface area contributed by atoms with Crippen LogP contribution in [0.15, 0.2) is 0 Å². The Balaban J connectivity index is 3.94. The average Bonchev–Trinajstić information content (AvgIpc) is 1.84. The van der Waals surface area contributed by atoms with Crippen molar-refractivity contribution in [3.8, 4) is 0 Å². The second-order valence-corrected chi connectivity index (χ2v) is 3.13. The molecule has 0 saturated carbocycles. The van der Waals surface area contributed by atoms with Crippen LogP contribution in [0.25, 0.3) is 0 Å². The van der Waals surface area contributed by atoms with Crippen LogP contribution >= 0.6 is 0 Å². The van der Waals surface area contributed by atoms with Crippen molar-refractivity contribution in [1.29, 1.82) is 0 Å². The maximum Gasteiger partial charge on any atom is 0.213 e. The zero-order valence-electron chi connectivity index (χ0n) is 7.00. The average molecular weight is 145 g/mol. The molecule has 0 heterocycles. The zero-order valence-corrected chi connectivity index (χ0v) is 7.00. The van der Waals surface area contributed by atoms with Gasteiger partial charge in [0.2, 0.25) is 6.04 Å². The smallest absolute Gasteiger partial charge is 0.213 e. The summed E-state index contributed by atoms with van der Waals surface area (Å²) in [4.78, 5) is 10.0. The van der Waals surface area contributed by atoms with E-state index in [0.717, 1.165) is 0 Å². The van der Waals surface area contributed by atoms with Crippen molar-refractivity contribution in [2.45, 2.75) is 33.7 Å². The Morgan fingerprint density at radius 3 is 1.70 bits per heavy atom. The number of hydrogen-bond acceptors (Lipinski definition) is 2. The third-order valence-electron chi connectivity index (χ3n) is 2.15. The van der Waals surface area contributed by atoms with Gasteiger partial charge >= 0.3 is 0 Å². The minimum atomic E-state index is -0.417. The van der Waals surface area contributed by atoms with Crippen LogP contribution in [0.4, 0.5) is 0 Å². The fourth-order valence-corrected chi connectivity index (χ4v) is 0.749. The molecule has 10 heavy (non-hydrogen) atoms. The summed E-state index contributed by atoms with van der Waals surface area (Å²) in [6, 6.07) is -0.417. The van der Waals surface area contributed by atoms with E-state index in [1.165, 1.54) is 0 Å². The highest BCUT2D eigenvalue weighted by Crippen LogP contribution is 2.15. The van der Waals surface area contributed by atoms with Gasteiger partial charge in [-0.2, -0.15) is 0 Å². The standard InChI is InChI=1S/C7H15NO2/c1-5(2)6(3)7(4)8(9)10/h5-7H,1-4H3. The maximum absolute atomic E-state index is 10.3. The van der Waals surface area contributed by atoms with Crippen LogP contribution in [0, 0.1) is 22.0 Å². The van der Waals surface area contributed by atoms with Gasteiger partial charge in [-0.15, -0.1) is 0 Å². The van der Waals surface area contributed by atoms with Crippen molar-refractivity contribution >= 4 is 0 Å². The molecule has 0 aromatic rings. The molecule has 2 unspecified atom stereocenters. The highest BCUT2D eigenvalue weighted by atomic mass is 16.6. The van der Waals surface area contributed by atoms with E-state index in [4.69, 9.17) is 0 Å². The topological polar surface area (TPSA) is 43.1 Å². The van der Waals surface area contributed by atoms with Crippen molar-refractivity contribution in [2.24, 2.45) is 11.8 Å². The molecule has 0 aromatic carbocycles. The number of rotatable bonds is 3. The molecule has 0 bridgehead atoms. The summed E-state index contributed by atoms with van der Waals surface area (Å²) in [6.45, 7) is 7.58. The lowest BCUT2D eigenvalue weighted by molar-refractivity contribution is -0.528. The van der Waals surface area contributed by atoms with E-state index >= 15 is 0 Å². The first-order valence-corrected chi connectivity index (χ1v) is 3.60. The van der Waals surface area contributed by atoms with Gasteiger partial charge in [0.15, 0.2) is 0 Å². The SMILES string of the molecule is CC(C)C(C)C(C)[N+](=O)[O-]. The molecular formula is C7H15NO2. The fraction of sp³-hybridized carbons (Fsp3) is 1.00. The maximum atomic E-state index is 10.3. The van der Waals surface area contributed by atoms with Gasteiger partial charge < -0.3 is 0 Å². The van der Waals surface area contributed by atoms with Crippen molar-refractivity contribution < 1.29 is 4.92 Å². The van der Waals surface area contributed by atoms with Crippen molar-refractivity contribution in [3.05, 3.63) is 10.1 Å². The molecule has 0 saturated heterocycles. The highest BCUT2D eigenvalue weighted by Gasteiger charge is 2.24. The fourth-order valence-electron chi connectivity index (χ4n) is 0.749. The molecule has 0 rings (SSSR count). The monoisotopic (exact) mass is 145 g/mol. The summed E-state index contributed by atoms with van der Waals surface area (Å²) in [5.74, 6) is 0.551. The highest BCUT2D eigenvalue weighted by molar-refractivity contribution is 4.62. The van der Waals surface area contributed by atoms with E-state index in [1.54, 1.807) is 6.92 Å². The first-order chi connectivity index (χ1) is 4.46. The Kier molecular flexibility index (Phi) is 3.33. The largest absolute Gasteiger partial charge is 0.264 e. The molecule has 3 nitrogen and oxygen atoms in total. The zero-order chi connectivity index (χ0) is 8.31. The third-order valence-corrected chi connectivity index (χ3v) is 2.15. The van der Waals surface area contributed by atoms with Gasteiger partial charge in [0.1, 0.15) is 0 Å². The van der Waals surface area contributed by atoms with E-state index in [1.807, 2.05) is 20.8 Å². The molecule has 60 valence electrons. The van der Waals surface area contributed by atoms with Crippen LogP contribution in [0.5, 0.6) is 0 Å². The number of nitro groups is 1. The lowest BCUT2D eigenvalue weighted by Crippen LogP contribution is -2.27. The number of nitrogens with zero attached hydrogens (tertiary/aromatic N) is 1. The van der Waals surface area contributed by atoms with E-state index in [9.17, 15) is 10.1 Å². The van der Waals surface area contributed by atoms with Crippen LogP contribution < -0.4 is 0 Å². The number of hydrogen-bond donors (Lipinski definition) is 0. The molecule has 0 radical (unpaired) electrons. The molecule has 3 heteroatoms. The summed E-state index contributed by atoms with van der Waals surface area (Å²) in [7, 11) is 0. The van der Waals surface area contributed by atoms with Crippen LogP contribution in [-0.2, 0) is 0 Å². The minimum Gasteiger partial charge on any atom is -0.264 e. The molecule has 0 N–H and O–H groups in total. The first kappa shape index (κ1) is 9.40. The van der Waals surface area contributed by atoms with Gasteiger partial charge in [-0.05, 0) is 5.92 Å². The second kappa shape index (κ2) is 3.54. The van der Waals surface area contributed by atoms with Crippen molar-refractivity contribution in [2.75, 3.05) is 0 Å². The normalized spacial score (nSPS) is 16.9. The summed E-state index contributed by atoms with van der Waals surface area (Å²) in [5, 5.41) is 10.3. The predicted octanol–water partition coefficient (Wildman–Crippen LogP) is 1.94. The molecular weight excluding hydrogens is 130 g/mol. The van der Waals surface area contributed by atoms with Crippen LogP contribution in [0.3, 0.4) is 0 Å². The molecule has 0 aromatic heterocycles. The van der Waals surface area contributed by atoms with E-state index in [0.29, 0.717) is 5.92 Å². The molecule has 2 atom stereocenters. The predicted molar refractivity (Wildman–Crippen MR) is 40.5 cm³/mol. The van der Waals surface area contributed by atoms with E-state index < -0.39 is 6.04 Å².